The number of aliphatic hydroxyl groups is 1. The van der Waals surface area contributed by atoms with Gasteiger partial charge in [-0.1, -0.05) is 18.8 Å². The highest BCUT2D eigenvalue weighted by atomic mass is 32.2. The maximum absolute atomic E-state index is 12.1. The normalized spacial score (nSPS) is 11.2. The van der Waals surface area contributed by atoms with Crippen LogP contribution in [0.25, 0.3) is 0 Å². The van der Waals surface area contributed by atoms with Crippen molar-refractivity contribution >= 4 is 10.0 Å². The van der Waals surface area contributed by atoms with Crippen molar-refractivity contribution in [2.75, 3.05) is 33.3 Å². The van der Waals surface area contributed by atoms with Crippen molar-refractivity contribution in [1.29, 1.82) is 0 Å². The monoisotopic (exact) mass is 297 g/mol. The number of hydrogen-bond donors (Lipinski definition) is 2. The summed E-state index contributed by atoms with van der Waals surface area (Å²) in [6.45, 7) is 3.54. The molecule has 0 atom stereocenters. The lowest BCUT2D eigenvalue weighted by Gasteiger charge is -2.14. The van der Waals surface area contributed by atoms with E-state index < -0.39 is 10.0 Å². The lowest BCUT2D eigenvalue weighted by Crippen LogP contribution is -2.33. The number of hydrogen-bond acceptors (Lipinski definition) is 5. The summed E-state index contributed by atoms with van der Waals surface area (Å²) < 4.78 is 26.6. The molecule has 0 aromatic carbocycles. The second-order valence-electron chi connectivity index (χ2n) is 4.16. The third-order valence-corrected chi connectivity index (χ3v) is 4.09. The van der Waals surface area contributed by atoms with Crippen molar-refractivity contribution in [3.63, 3.8) is 0 Å². The first-order valence-corrected chi connectivity index (χ1v) is 7.71. The maximum atomic E-state index is 12.1. The Labute approximate surface area is 119 Å². The Hall–Kier alpha value is -1.46. The second-order valence-corrected chi connectivity index (χ2v) is 5.93. The maximum Gasteiger partial charge on any atom is 0.242 e. The summed E-state index contributed by atoms with van der Waals surface area (Å²) in [5, 5.41) is 8.62. The van der Waals surface area contributed by atoms with Crippen LogP contribution in [0.4, 0.5) is 0 Å². The fraction of sp³-hybridized carbons (Fsp3) is 0.462. The number of sulfonamides is 1. The van der Waals surface area contributed by atoms with Crippen LogP contribution < -0.4 is 4.72 Å². The zero-order valence-electron chi connectivity index (χ0n) is 11.6. The molecule has 20 heavy (non-hydrogen) atoms. The summed E-state index contributed by atoms with van der Waals surface area (Å²) in [5.74, 6) is 5.08. The van der Waals surface area contributed by atoms with Gasteiger partial charge in [0.1, 0.15) is 11.5 Å². The molecule has 0 amide bonds. The average molecular weight is 297 g/mol. The van der Waals surface area contributed by atoms with Crippen molar-refractivity contribution in [2.45, 2.75) is 11.8 Å². The van der Waals surface area contributed by atoms with Gasteiger partial charge in [-0.15, -0.1) is 0 Å². The molecular weight excluding hydrogens is 278 g/mol. The Balaban J connectivity index is 2.77. The third-order valence-electron chi connectivity index (χ3n) is 2.66. The largest absolute Gasteiger partial charge is 0.384 e. The zero-order chi connectivity index (χ0) is 15.0. The van der Waals surface area contributed by atoms with Crippen LogP contribution in [0.2, 0.25) is 0 Å². The van der Waals surface area contributed by atoms with Gasteiger partial charge in [0.05, 0.1) is 0 Å². The molecule has 0 spiro atoms. The van der Waals surface area contributed by atoms with E-state index in [1.807, 2.05) is 18.9 Å². The Kier molecular flexibility index (Phi) is 6.61. The van der Waals surface area contributed by atoms with Crippen LogP contribution in [0.15, 0.2) is 23.4 Å². The zero-order valence-corrected chi connectivity index (χ0v) is 12.4. The van der Waals surface area contributed by atoms with Gasteiger partial charge in [-0.2, -0.15) is 0 Å². The van der Waals surface area contributed by atoms with E-state index in [1.165, 1.54) is 18.5 Å². The molecule has 1 aromatic heterocycles. The Bertz CT molecular complexity index is 590. The van der Waals surface area contributed by atoms with E-state index in [9.17, 15) is 8.42 Å². The molecule has 7 heteroatoms. The highest BCUT2D eigenvalue weighted by Crippen LogP contribution is 2.08. The van der Waals surface area contributed by atoms with Crippen LogP contribution in [0.5, 0.6) is 0 Å². The van der Waals surface area contributed by atoms with Gasteiger partial charge >= 0.3 is 0 Å². The van der Waals surface area contributed by atoms with Crippen LogP contribution in [0, 0.1) is 11.8 Å². The van der Waals surface area contributed by atoms with E-state index in [1.54, 1.807) is 0 Å². The van der Waals surface area contributed by atoms with Crippen LogP contribution in [-0.4, -0.2) is 56.7 Å². The first-order valence-electron chi connectivity index (χ1n) is 6.22. The molecule has 0 saturated heterocycles. The van der Waals surface area contributed by atoms with Crippen molar-refractivity contribution < 1.29 is 13.5 Å². The molecule has 0 aliphatic rings. The summed E-state index contributed by atoms with van der Waals surface area (Å²) in [6, 6.07) is 1.43. The average Bonchev–Trinajstić information content (AvgIpc) is 2.45. The molecule has 1 rings (SSSR count). The number of rotatable bonds is 6. The number of aliphatic hydroxyl groups excluding tert-OH is 1. The molecule has 1 aromatic rings. The van der Waals surface area contributed by atoms with Gasteiger partial charge in [0.25, 0.3) is 0 Å². The van der Waals surface area contributed by atoms with Gasteiger partial charge in [0, 0.05) is 31.0 Å². The van der Waals surface area contributed by atoms with Crippen molar-refractivity contribution in [1.82, 2.24) is 14.6 Å². The van der Waals surface area contributed by atoms with Gasteiger partial charge < -0.3 is 10.0 Å². The number of aromatic nitrogens is 1. The number of pyridine rings is 1. The molecule has 6 nitrogen and oxygen atoms in total. The fourth-order valence-corrected chi connectivity index (χ4v) is 2.40. The van der Waals surface area contributed by atoms with Crippen molar-refractivity contribution in [2.24, 2.45) is 0 Å². The minimum absolute atomic E-state index is 0.0707. The van der Waals surface area contributed by atoms with Gasteiger partial charge in [0.15, 0.2) is 0 Å². The molecule has 0 unspecified atom stereocenters. The molecule has 0 bridgehead atoms. The highest BCUT2D eigenvalue weighted by molar-refractivity contribution is 7.89. The van der Waals surface area contributed by atoms with Crippen LogP contribution in [0.1, 0.15) is 12.5 Å². The van der Waals surface area contributed by atoms with E-state index in [0.717, 1.165) is 6.54 Å². The predicted octanol–water partition coefficient (Wildman–Crippen LogP) is -0.345. The third kappa shape index (κ3) is 5.27. The van der Waals surface area contributed by atoms with E-state index >= 15 is 0 Å². The Morgan fingerprint density at radius 1 is 1.45 bits per heavy atom. The summed E-state index contributed by atoms with van der Waals surface area (Å²) in [5.41, 5.74) is 0.451. The SMILES string of the molecule is CCN(C)CCNS(=O)(=O)c1cncc(C#CCO)c1. The molecule has 0 fully saturated rings. The summed E-state index contributed by atoms with van der Waals surface area (Å²) in [4.78, 5) is 5.92. The highest BCUT2D eigenvalue weighted by Gasteiger charge is 2.14. The van der Waals surface area contributed by atoms with E-state index in [2.05, 4.69) is 21.5 Å². The van der Waals surface area contributed by atoms with Gasteiger partial charge in [-0.05, 0) is 19.7 Å². The number of nitrogens with zero attached hydrogens (tertiary/aromatic N) is 2. The van der Waals surface area contributed by atoms with E-state index in [0.29, 0.717) is 18.7 Å². The van der Waals surface area contributed by atoms with Crippen molar-refractivity contribution in [3.8, 4) is 11.8 Å². The first kappa shape index (κ1) is 16.6. The molecular formula is C13H19N3O3S. The van der Waals surface area contributed by atoms with E-state index in [-0.39, 0.29) is 11.5 Å². The smallest absolute Gasteiger partial charge is 0.242 e. The molecule has 0 aliphatic heterocycles. The molecule has 0 saturated carbocycles. The van der Waals surface area contributed by atoms with Gasteiger partial charge in [-0.3, -0.25) is 4.98 Å². The molecule has 0 aliphatic carbocycles. The summed E-state index contributed by atoms with van der Waals surface area (Å²) >= 11 is 0. The quantitative estimate of drug-likeness (QED) is 0.702. The van der Waals surface area contributed by atoms with Crippen molar-refractivity contribution in [3.05, 3.63) is 24.0 Å². The standard InChI is InChI=1S/C13H19N3O3S/c1-3-16(2)7-6-15-20(18,19)13-9-12(5-4-8-17)10-14-11-13/h9-11,15,17H,3,6-8H2,1-2H3. The van der Waals surface area contributed by atoms with E-state index in [4.69, 9.17) is 5.11 Å². The van der Waals surface area contributed by atoms with Crippen LogP contribution in [0.3, 0.4) is 0 Å². The summed E-state index contributed by atoms with van der Waals surface area (Å²) in [6.07, 6.45) is 2.72. The number of likely N-dealkylation sites (N-methyl/N-ethyl adjacent to an activating group) is 1. The van der Waals surface area contributed by atoms with Crippen LogP contribution in [-0.2, 0) is 10.0 Å². The van der Waals surface area contributed by atoms with Gasteiger partial charge in [0.2, 0.25) is 10.0 Å². The molecule has 1 heterocycles. The topological polar surface area (TPSA) is 82.5 Å². The number of nitrogens with one attached hydrogen (secondary N) is 1. The Morgan fingerprint density at radius 2 is 2.20 bits per heavy atom. The lowest BCUT2D eigenvalue weighted by molar-refractivity contribution is 0.350. The minimum Gasteiger partial charge on any atom is -0.384 e. The summed E-state index contributed by atoms with van der Waals surface area (Å²) in [7, 11) is -1.66. The lowest BCUT2D eigenvalue weighted by atomic mass is 10.3. The molecule has 110 valence electrons. The minimum atomic E-state index is -3.58. The predicted molar refractivity (Wildman–Crippen MR) is 76.6 cm³/mol. The van der Waals surface area contributed by atoms with Crippen LogP contribution >= 0.6 is 0 Å². The second kappa shape index (κ2) is 7.97. The molecule has 2 N–H and O–H groups in total. The van der Waals surface area contributed by atoms with Gasteiger partial charge in [-0.25, -0.2) is 13.1 Å². The molecule has 0 radical (unpaired) electrons. The Morgan fingerprint density at radius 3 is 2.85 bits per heavy atom. The first-order chi connectivity index (χ1) is 9.49. The fourth-order valence-electron chi connectivity index (χ4n) is 1.39.